The van der Waals surface area contributed by atoms with Crippen LogP contribution < -0.4 is 5.73 Å². The second kappa shape index (κ2) is 1.55. The topological polar surface area (TPSA) is 51.8 Å². The highest BCUT2D eigenvalue weighted by Gasteiger charge is 1.74. The minimum atomic E-state index is -0.137. The van der Waals surface area contributed by atoms with Gasteiger partial charge in [0.1, 0.15) is 5.82 Å². The molecule has 1 heterocycles. The molecule has 1 aromatic rings. The first-order valence-corrected chi connectivity index (χ1v) is 1.76. The third-order valence-corrected chi connectivity index (χ3v) is 0.496. The number of nitrogens with zero attached hydrogens (tertiary/aromatic N) is 2. The third kappa shape index (κ3) is 0.855. The van der Waals surface area contributed by atoms with Crippen molar-refractivity contribution in [3.8, 4) is 0 Å². The Hall–Kier alpha value is -1.12. The monoisotopic (exact) mass is 97.1 g/mol. The summed E-state index contributed by atoms with van der Waals surface area (Å²) in [5, 5.41) is 0. The standard InChI is InChI=1S/C4H5N3/c5-4-3-6-1-2-7-4/h1-3H,(H2,5,7)/i1D,3D. The highest BCUT2D eigenvalue weighted by molar-refractivity contribution is 5.20. The Bertz CT molecular complexity index is 225. The van der Waals surface area contributed by atoms with Gasteiger partial charge in [0.25, 0.3) is 0 Å². The van der Waals surface area contributed by atoms with E-state index < -0.39 is 0 Å². The normalized spacial score (nSPS) is 12.6. The summed E-state index contributed by atoms with van der Waals surface area (Å²) in [6.45, 7) is 0. The fourth-order valence-electron chi connectivity index (χ4n) is 0.246. The molecule has 3 heteroatoms. The highest BCUT2D eigenvalue weighted by Crippen LogP contribution is 1.84. The minimum absolute atomic E-state index is 0.0331. The largest absolute Gasteiger partial charge is 0.382 e. The van der Waals surface area contributed by atoms with Crippen molar-refractivity contribution in [2.45, 2.75) is 0 Å². The van der Waals surface area contributed by atoms with Gasteiger partial charge in [-0.25, -0.2) is 4.98 Å². The zero-order valence-corrected chi connectivity index (χ0v) is 3.55. The molecule has 2 N–H and O–H groups in total. The Kier molecular flexibility index (Phi) is 0.500. The summed E-state index contributed by atoms with van der Waals surface area (Å²) in [5.74, 6) is 0.0611. The van der Waals surface area contributed by atoms with E-state index in [0.29, 0.717) is 0 Å². The molecule has 1 aromatic heterocycles. The number of aromatic nitrogens is 2. The molecule has 0 saturated heterocycles. The third-order valence-electron chi connectivity index (χ3n) is 0.496. The number of anilines is 1. The zero-order valence-electron chi connectivity index (χ0n) is 5.55. The molecule has 0 aliphatic rings. The van der Waals surface area contributed by atoms with Crippen LogP contribution in [0, 0.1) is 0 Å². The van der Waals surface area contributed by atoms with Crippen molar-refractivity contribution in [1.82, 2.24) is 9.97 Å². The number of nitrogen functional groups attached to an aromatic ring is 1. The summed E-state index contributed by atoms with van der Waals surface area (Å²) in [7, 11) is 0. The number of hydrogen-bond acceptors (Lipinski definition) is 3. The van der Waals surface area contributed by atoms with Gasteiger partial charge < -0.3 is 5.73 Å². The number of hydrogen-bond donors (Lipinski definition) is 1. The molecule has 0 aliphatic carbocycles. The molecule has 0 bridgehead atoms. The van der Waals surface area contributed by atoms with Crippen LogP contribution in [-0.2, 0) is 0 Å². The first kappa shape index (κ1) is 2.26. The summed E-state index contributed by atoms with van der Waals surface area (Å²) < 4.78 is 13.8. The van der Waals surface area contributed by atoms with Crippen LogP contribution in [0.2, 0.25) is 0 Å². The van der Waals surface area contributed by atoms with E-state index in [0.717, 1.165) is 0 Å². The van der Waals surface area contributed by atoms with Gasteiger partial charge in [0.2, 0.25) is 0 Å². The van der Waals surface area contributed by atoms with Gasteiger partial charge in [0.15, 0.2) is 0 Å². The lowest BCUT2D eigenvalue weighted by molar-refractivity contribution is 1.21. The van der Waals surface area contributed by atoms with Crippen molar-refractivity contribution >= 4 is 5.82 Å². The zero-order chi connectivity index (χ0) is 6.85. The van der Waals surface area contributed by atoms with Gasteiger partial charge in [-0.05, 0) is 0 Å². The van der Waals surface area contributed by atoms with E-state index in [1.165, 1.54) is 6.20 Å². The lowest BCUT2D eigenvalue weighted by Crippen LogP contribution is -1.87. The molecule has 1 rings (SSSR count). The lowest BCUT2D eigenvalue weighted by atomic mass is 10.7. The van der Waals surface area contributed by atoms with E-state index in [2.05, 4.69) is 9.97 Å². The maximum absolute atomic E-state index is 6.94. The summed E-state index contributed by atoms with van der Waals surface area (Å²) >= 11 is 0. The van der Waals surface area contributed by atoms with Crippen LogP contribution in [0.3, 0.4) is 0 Å². The second-order valence-corrected chi connectivity index (χ2v) is 0.996. The lowest BCUT2D eigenvalue weighted by Gasteiger charge is -1.82. The molecule has 0 aromatic carbocycles. The van der Waals surface area contributed by atoms with Gasteiger partial charge in [0.05, 0.1) is 8.91 Å². The molecule has 0 unspecified atom stereocenters. The second-order valence-electron chi connectivity index (χ2n) is 0.996. The number of nitrogens with two attached hydrogens (primary N) is 1. The van der Waals surface area contributed by atoms with Crippen LogP contribution in [0.25, 0.3) is 0 Å². The van der Waals surface area contributed by atoms with Gasteiger partial charge in [-0.1, -0.05) is 0 Å². The first-order valence-electron chi connectivity index (χ1n) is 2.76. The van der Waals surface area contributed by atoms with Gasteiger partial charge in [-0.3, -0.25) is 4.98 Å². The molecule has 0 fully saturated rings. The van der Waals surface area contributed by atoms with Crippen molar-refractivity contribution < 1.29 is 2.74 Å². The highest BCUT2D eigenvalue weighted by atomic mass is 14.9. The van der Waals surface area contributed by atoms with E-state index in [-0.39, 0.29) is 18.2 Å². The Morgan fingerprint density at radius 1 is 1.86 bits per heavy atom. The molecule has 0 amide bonds. The van der Waals surface area contributed by atoms with Crippen LogP contribution in [0.15, 0.2) is 18.5 Å². The maximum atomic E-state index is 6.94. The Morgan fingerprint density at radius 2 is 2.71 bits per heavy atom. The van der Waals surface area contributed by atoms with Crippen LogP contribution in [-0.4, -0.2) is 9.97 Å². The molecule has 0 spiro atoms. The van der Waals surface area contributed by atoms with Crippen molar-refractivity contribution in [2.75, 3.05) is 5.73 Å². The average Bonchev–Trinajstić information content (AvgIpc) is 1.80. The smallest absolute Gasteiger partial charge is 0.141 e. The molecule has 0 radical (unpaired) electrons. The summed E-state index contributed by atoms with van der Waals surface area (Å²) in [6.07, 6.45) is 1.03. The molecule has 3 nitrogen and oxygen atoms in total. The summed E-state index contributed by atoms with van der Waals surface area (Å²) in [5.41, 5.74) is 5.14. The van der Waals surface area contributed by atoms with E-state index >= 15 is 0 Å². The predicted octanol–water partition coefficient (Wildman–Crippen LogP) is 0.0588. The van der Waals surface area contributed by atoms with Crippen LogP contribution >= 0.6 is 0 Å². The van der Waals surface area contributed by atoms with E-state index in [9.17, 15) is 0 Å². The van der Waals surface area contributed by atoms with Crippen molar-refractivity contribution in [1.29, 1.82) is 0 Å². The van der Waals surface area contributed by atoms with E-state index in [1.54, 1.807) is 0 Å². The van der Waals surface area contributed by atoms with Gasteiger partial charge in [-0.15, -0.1) is 0 Å². The molecular weight excluding hydrogens is 90.1 g/mol. The average molecular weight is 97.1 g/mol. The van der Waals surface area contributed by atoms with Crippen LogP contribution in [0.1, 0.15) is 2.74 Å². The van der Waals surface area contributed by atoms with Crippen molar-refractivity contribution in [2.24, 2.45) is 0 Å². The van der Waals surface area contributed by atoms with Crippen LogP contribution in [0.5, 0.6) is 0 Å². The molecule has 0 atom stereocenters. The Balaban J connectivity index is 3.17. The summed E-state index contributed by atoms with van der Waals surface area (Å²) in [6, 6.07) is 0. The predicted molar refractivity (Wildman–Crippen MR) is 26.4 cm³/mol. The first-order chi connectivity index (χ1) is 4.20. The molecular formula is C4H5N3. The Morgan fingerprint density at radius 3 is 3.29 bits per heavy atom. The molecule has 7 heavy (non-hydrogen) atoms. The summed E-state index contributed by atoms with van der Waals surface area (Å²) in [4.78, 5) is 6.94. The fourth-order valence-corrected chi connectivity index (χ4v) is 0.246. The number of rotatable bonds is 0. The molecule has 0 saturated carbocycles. The van der Waals surface area contributed by atoms with Gasteiger partial charge in [0, 0.05) is 12.4 Å². The quantitative estimate of drug-likeness (QED) is 0.498. The van der Waals surface area contributed by atoms with Gasteiger partial charge >= 0.3 is 0 Å². The van der Waals surface area contributed by atoms with E-state index in [1.807, 2.05) is 0 Å². The van der Waals surface area contributed by atoms with Crippen molar-refractivity contribution in [3.05, 3.63) is 18.5 Å². The Labute approximate surface area is 44.0 Å². The SMILES string of the molecule is [2H]c1cnc(N)c([2H])n1. The van der Waals surface area contributed by atoms with Gasteiger partial charge in [-0.2, -0.15) is 0 Å². The maximum Gasteiger partial charge on any atom is 0.141 e. The van der Waals surface area contributed by atoms with Crippen LogP contribution in [0.4, 0.5) is 5.82 Å². The minimum Gasteiger partial charge on any atom is -0.382 e. The van der Waals surface area contributed by atoms with Crippen molar-refractivity contribution in [3.63, 3.8) is 0 Å². The molecule has 0 aliphatic heterocycles. The molecule has 36 valence electrons. The van der Waals surface area contributed by atoms with E-state index in [4.69, 9.17) is 8.48 Å². The fraction of sp³-hybridized carbons (Fsp3) is 0.